The summed E-state index contributed by atoms with van der Waals surface area (Å²) in [5, 5.41) is 27.0. The van der Waals surface area contributed by atoms with Crippen molar-refractivity contribution < 1.29 is 19.4 Å². The van der Waals surface area contributed by atoms with Gasteiger partial charge in [0.2, 0.25) is 11.8 Å². The smallest absolute Gasteiger partial charge is 0.270 e. The molecule has 0 heterocycles. The third kappa shape index (κ3) is 6.95. The Morgan fingerprint density at radius 2 is 1.06 bits per heavy atom. The van der Waals surface area contributed by atoms with Gasteiger partial charge in [-0.3, -0.25) is 29.8 Å². The van der Waals surface area contributed by atoms with E-state index < -0.39 is 21.7 Å². The van der Waals surface area contributed by atoms with Gasteiger partial charge in [-0.15, -0.1) is 0 Å². The lowest BCUT2D eigenvalue weighted by Gasteiger charge is -2.06. The third-order valence-corrected chi connectivity index (χ3v) is 4.41. The van der Waals surface area contributed by atoms with Crippen LogP contribution in [0.3, 0.4) is 0 Å². The molecule has 0 aliphatic heterocycles. The number of anilines is 2. The molecule has 0 atom stereocenters. The van der Waals surface area contributed by atoms with Crippen LogP contribution in [0.15, 0.2) is 84.9 Å². The molecule has 0 bridgehead atoms. The third-order valence-electron chi connectivity index (χ3n) is 4.41. The molecule has 10 heteroatoms. The fourth-order valence-electron chi connectivity index (χ4n) is 2.87. The zero-order valence-electron chi connectivity index (χ0n) is 17.6. The summed E-state index contributed by atoms with van der Waals surface area (Å²) >= 11 is 0. The van der Waals surface area contributed by atoms with E-state index in [1.54, 1.807) is 36.4 Å². The Hall–Kier alpha value is -5.12. The van der Waals surface area contributed by atoms with Gasteiger partial charge in [-0.05, 0) is 41.5 Å². The molecule has 0 aromatic heterocycles. The van der Waals surface area contributed by atoms with E-state index in [-0.39, 0.29) is 11.4 Å². The second-order valence-electron chi connectivity index (χ2n) is 6.93. The van der Waals surface area contributed by atoms with Crippen molar-refractivity contribution in [2.75, 3.05) is 10.6 Å². The molecule has 3 rings (SSSR count). The molecule has 3 aromatic rings. The predicted molar refractivity (Wildman–Crippen MR) is 128 cm³/mol. The average Bonchev–Trinajstić information content (AvgIpc) is 2.82. The number of nitro benzene ring substituents is 2. The Morgan fingerprint density at radius 3 is 1.47 bits per heavy atom. The molecule has 3 aromatic carbocycles. The number of hydrogen-bond acceptors (Lipinski definition) is 6. The van der Waals surface area contributed by atoms with Crippen molar-refractivity contribution in [2.24, 2.45) is 0 Å². The summed E-state index contributed by atoms with van der Waals surface area (Å²) in [5.41, 5.74) is 1.70. The maximum Gasteiger partial charge on any atom is 0.270 e. The van der Waals surface area contributed by atoms with Gasteiger partial charge in [-0.2, -0.15) is 0 Å². The van der Waals surface area contributed by atoms with E-state index in [1.807, 2.05) is 0 Å². The first-order valence-corrected chi connectivity index (χ1v) is 9.87. The Bertz CT molecular complexity index is 1220. The lowest BCUT2D eigenvalue weighted by atomic mass is 10.2. The number of carbonyl (C=O) groups excluding carboxylic acids is 2. The summed E-state index contributed by atoms with van der Waals surface area (Å²) in [4.78, 5) is 45.0. The highest BCUT2D eigenvalue weighted by atomic mass is 16.6. The molecule has 0 saturated heterocycles. The molecule has 0 fully saturated rings. The molecule has 0 unspecified atom stereocenters. The van der Waals surface area contributed by atoms with Crippen LogP contribution in [0.2, 0.25) is 0 Å². The number of nitro groups is 2. The fourth-order valence-corrected chi connectivity index (χ4v) is 2.87. The van der Waals surface area contributed by atoms with Crippen molar-refractivity contribution in [2.45, 2.75) is 0 Å². The Labute approximate surface area is 193 Å². The number of nitrogens with zero attached hydrogens (tertiary/aromatic N) is 2. The van der Waals surface area contributed by atoms with Gasteiger partial charge >= 0.3 is 0 Å². The van der Waals surface area contributed by atoms with Crippen LogP contribution in [0.1, 0.15) is 11.1 Å². The summed E-state index contributed by atoms with van der Waals surface area (Å²) in [6, 6.07) is 18.2. The van der Waals surface area contributed by atoms with Crippen LogP contribution in [0.4, 0.5) is 22.7 Å². The highest BCUT2D eigenvalue weighted by molar-refractivity contribution is 6.04. The Morgan fingerprint density at radius 1 is 0.647 bits per heavy atom. The van der Waals surface area contributed by atoms with Gasteiger partial charge in [-0.25, -0.2) is 0 Å². The number of rotatable bonds is 8. The van der Waals surface area contributed by atoms with Crippen molar-refractivity contribution in [3.05, 3.63) is 116 Å². The van der Waals surface area contributed by atoms with Crippen LogP contribution in [-0.2, 0) is 9.59 Å². The van der Waals surface area contributed by atoms with E-state index in [4.69, 9.17) is 0 Å². The Kier molecular flexibility index (Phi) is 7.59. The lowest BCUT2D eigenvalue weighted by Crippen LogP contribution is -2.10. The summed E-state index contributed by atoms with van der Waals surface area (Å²) < 4.78 is 0. The molecule has 0 radical (unpaired) electrons. The van der Waals surface area contributed by atoms with Gasteiger partial charge in [0.15, 0.2) is 0 Å². The summed E-state index contributed by atoms with van der Waals surface area (Å²) in [6.45, 7) is 0. The number of amides is 2. The van der Waals surface area contributed by atoms with E-state index in [0.29, 0.717) is 22.5 Å². The maximum absolute atomic E-state index is 12.2. The highest BCUT2D eigenvalue weighted by Crippen LogP contribution is 2.17. The molecule has 170 valence electrons. The fraction of sp³-hybridized carbons (Fsp3) is 0. The van der Waals surface area contributed by atoms with E-state index in [9.17, 15) is 29.8 Å². The van der Waals surface area contributed by atoms with Gasteiger partial charge in [0.1, 0.15) is 0 Å². The van der Waals surface area contributed by atoms with E-state index in [0.717, 1.165) is 0 Å². The summed E-state index contributed by atoms with van der Waals surface area (Å²) in [6.07, 6.45) is 5.39. The first-order valence-electron chi connectivity index (χ1n) is 9.87. The number of nitrogens with one attached hydrogen (secondary N) is 2. The standard InChI is InChI=1S/C24H18N4O6/c29-23(12-10-17-4-1-8-21(14-17)27(31)32)25-19-6-3-7-20(16-19)26-24(30)13-11-18-5-2-9-22(15-18)28(33)34/h1-16H,(H,25,29)(H,26,30)/b12-10+,13-11+. The normalized spacial score (nSPS) is 10.8. The number of hydrogen-bond donors (Lipinski definition) is 2. The maximum atomic E-state index is 12.2. The van der Waals surface area contributed by atoms with Crippen molar-refractivity contribution in [3.63, 3.8) is 0 Å². The molecular formula is C24H18N4O6. The molecular weight excluding hydrogens is 440 g/mol. The van der Waals surface area contributed by atoms with Gasteiger partial charge in [0.25, 0.3) is 11.4 Å². The average molecular weight is 458 g/mol. The van der Waals surface area contributed by atoms with Gasteiger partial charge in [0, 0.05) is 47.8 Å². The zero-order valence-corrected chi connectivity index (χ0v) is 17.6. The van der Waals surface area contributed by atoms with E-state index in [1.165, 1.54) is 60.7 Å². The second kappa shape index (κ2) is 11.0. The minimum absolute atomic E-state index is 0.0782. The monoisotopic (exact) mass is 458 g/mol. The van der Waals surface area contributed by atoms with E-state index >= 15 is 0 Å². The van der Waals surface area contributed by atoms with Crippen LogP contribution in [0.5, 0.6) is 0 Å². The van der Waals surface area contributed by atoms with Crippen LogP contribution < -0.4 is 10.6 Å². The topological polar surface area (TPSA) is 144 Å². The van der Waals surface area contributed by atoms with Crippen LogP contribution in [-0.4, -0.2) is 21.7 Å². The van der Waals surface area contributed by atoms with Crippen molar-refractivity contribution in [1.82, 2.24) is 0 Å². The first-order chi connectivity index (χ1) is 16.3. The summed E-state index contributed by atoms with van der Waals surface area (Å²) in [5.74, 6) is -0.916. The molecule has 34 heavy (non-hydrogen) atoms. The molecule has 2 N–H and O–H groups in total. The molecule has 0 saturated carbocycles. The number of non-ortho nitro benzene ring substituents is 2. The molecule has 0 aliphatic rings. The number of benzene rings is 3. The zero-order chi connectivity index (χ0) is 24.5. The number of carbonyl (C=O) groups is 2. The molecule has 0 aliphatic carbocycles. The first kappa shape index (κ1) is 23.5. The quantitative estimate of drug-likeness (QED) is 0.282. The van der Waals surface area contributed by atoms with Crippen LogP contribution in [0.25, 0.3) is 12.2 Å². The minimum atomic E-state index is -0.518. The molecule has 10 nitrogen and oxygen atoms in total. The SMILES string of the molecule is O=C(/C=C/c1cccc([N+](=O)[O-])c1)Nc1cccc(NC(=O)/C=C/c2cccc([N+](=O)[O-])c2)c1. The van der Waals surface area contributed by atoms with Gasteiger partial charge in [0.05, 0.1) is 9.85 Å². The van der Waals surface area contributed by atoms with Gasteiger partial charge in [-0.1, -0.05) is 30.3 Å². The second-order valence-corrected chi connectivity index (χ2v) is 6.93. The van der Waals surface area contributed by atoms with Crippen molar-refractivity contribution in [1.29, 1.82) is 0 Å². The van der Waals surface area contributed by atoms with Crippen LogP contribution >= 0.6 is 0 Å². The highest BCUT2D eigenvalue weighted by Gasteiger charge is 2.06. The lowest BCUT2D eigenvalue weighted by molar-refractivity contribution is -0.385. The van der Waals surface area contributed by atoms with Crippen molar-refractivity contribution >= 4 is 46.7 Å². The molecule has 0 spiro atoms. The largest absolute Gasteiger partial charge is 0.322 e. The summed E-state index contributed by atoms with van der Waals surface area (Å²) in [7, 11) is 0. The van der Waals surface area contributed by atoms with Crippen molar-refractivity contribution in [3.8, 4) is 0 Å². The predicted octanol–water partition coefficient (Wildman–Crippen LogP) is 4.81. The van der Waals surface area contributed by atoms with Gasteiger partial charge < -0.3 is 10.6 Å². The Balaban J connectivity index is 1.60. The van der Waals surface area contributed by atoms with Crippen LogP contribution in [0, 0.1) is 20.2 Å². The molecule has 2 amide bonds. The minimum Gasteiger partial charge on any atom is -0.322 e. The van der Waals surface area contributed by atoms with E-state index in [2.05, 4.69) is 10.6 Å².